The van der Waals surface area contributed by atoms with Crippen molar-refractivity contribution in [3.05, 3.63) is 40.4 Å². The lowest BCUT2D eigenvalue weighted by Crippen LogP contribution is -2.36. The Balaban J connectivity index is 1.82. The van der Waals surface area contributed by atoms with E-state index in [1.807, 2.05) is 37.3 Å². The number of carboxylic acids is 1. The number of allylic oxidation sites excluding steroid dienone is 2. The van der Waals surface area contributed by atoms with Gasteiger partial charge in [-0.25, -0.2) is 0 Å². The molecule has 21 heavy (non-hydrogen) atoms. The quantitative estimate of drug-likeness (QED) is 0.823. The van der Waals surface area contributed by atoms with Crippen molar-refractivity contribution in [2.45, 2.75) is 13.3 Å². The van der Waals surface area contributed by atoms with Crippen LogP contribution >= 0.6 is 15.9 Å². The number of hydrogen-bond acceptors (Lipinski definition) is 2. The molecule has 2 bridgehead atoms. The number of aliphatic carboxylic acids is 1. The van der Waals surface area contributed by atoms with Crippen molar-refractivity contribution in [3.8, 4) is 0 Å². The molecule has 4 nitrogen and oxygen atoms in total. The minimum absolute atomic E-state index is 0.00531. The van der Waals surface area contributed by atoms with Crippen molar-refractivity contribution in [2.24, 2.45) is 23.7 Å². The highest BCUT2D eigenvalue weighted by Crippen LogP contribution is 2.48. The molecule has 1 aromatic rings. The fourth-order valence-corrected chi connectivity index (χ4v) is 3.98. The normalized spacial score (nSPS) is 29.6. The number of hydrogen-bond donors (Lipinski definition) is 2. The Kier molecular flexibility index (Phi) is 3.61. The number of benzene rings is 1. The Labute approximate surface area is 131 Å². The van der Waals surface area contributed by atoms with Gasteiger partial charge in [0.15, 0.2) is 0 Å². The van der Waals surface area contributed by atoms with E-state index in [2.05, 4.69) is 21.2 Å². The highest BCUT2D eigenvalue weighted by molar-refractivity contribution is 9.10. The Morgan fingerprint density at radius 2 is 1.90 bits per heavy atom. The number of carbonyl (C=O) groups excluding carboxylic acids is 1. The number of nitrogens with one attached hydrogen (secondary N) is 1. The minimum Gasteiger partial charge on any atom is -0.481 e. The van der Waals surface area contributed by atoms with E-state index in [4.69, 9.17) is 0 Å². The molecule has 0 aliphatic heterocycles. The first-order chi connectivity index (χ1) is 9.97. The van der Waals surface area contributed by atoms with Crippen molar-refractivity contribution in [3.63, 3.8) is 0 Å². The second-order valence-corrected chi connectivity index (χ2v) is 6.70. The number of carboxylic acid groups (broad SMARTS) is 1. The molecule has 3 rings (SSSR count). The predicted molar refractivity (Wildman–Crippen MR) is 82.9 cm³/mol. The molecule has 5 heteroatoms. The number of amides is 1. The molecule has 1 amide bonds. The molecule has 4 atom stereocenters. The maximum absolute atomic E-state index is 12.5. The number of halogens is 1. The van der Waals surface area contributed by atoms with Crippen LogP contribution < -0.4 is 5.32 Å². The number of fused-ring (bicyclic) bond motifs is 2. The van der Waals surface area contributed by atoms with Gasteiger partial charge in [0.2, 0.25) is 5.91 Å². The van der Waals surface area contributed by atoms with Crippen molar-refractivity contribution < 1.29 is 14.7 Å². The second kappa shape index (κ2) is 5.30. The Morgan fingerprint density at radius 1 is 1.24 bits per heavy atom. The van der Waals surface area contributed by atoms with E-state index in [0.29, 0.717) is 0 Å². The lowest BCUT2D eigenvalue weighted by Gasteiger charge is -2.24. The van der Waals surface area contributed by atoms with Gasteiger partial charge in [-0.05, 0) is 48.9 Å². The maximum Gasteiger partial charge on any atom is 0.307 e. The monoisotopic (exact) mass is 349 g/mol. The number of anilines is 1. The first kappa shape index (κ1) is 14.3. The summed E-state index contributed by atoms with van der Waals surface area (Å²) in [7, 11) is 0. The van der Waals surface area contributed by atoms with Gasteiger partial charge in [-0.1, -0.05) is 28.1 Å². The molecule has 0 spiro atoms. The maximum atomic E-state index is 12.5. The van der Waals surface area contributed by atoms with E-state index in [1.165, 1.54) is 0 Å². The molecule has 110 valence electrons. The van der Waals surface area contributed by atoms with E-state index in [9.17, 15) is 14.7 Å². The topological polar surface area (TPSA) is 66.4 Å². The van der Waals surface area contributed by atoms with Crippen LogP contribution in [0.2, 0.25) is 0 Å². The molecule has 1 saturated carbocycles. The number of aryl methyl sites for hydroxylation is 1. The summed E-state index contributed by atoms with van der Waals surface area (Å²) in [6.45, 7) is 1.91. The van der Waals surface area contributed by atoms with Gasteiger partial charge in [0.25, 0.3) is 0 Å². The van der Waals surface area contributed by atoms with Crippen LogP contribution in [-0.2, 0) is 9.59 Å². The third-order valence-corrected chi connectivity index (χ3v) is 4.99. The number of rotatable bonds is 3. The van der Waals surface area contributed by atoms with Gasteiger partial charge in [0, 0.05) is 10.2 Å². The van der Waals surface area contributed by atoms with Gasteiger partial charge >= 0.3 is 5.97 Å². The molecule has 1 aromatic carbocycles. The summed E-state index contributed by atoms with van der Waals surface area (Å²) in [4.78, 5) is 24.0. The van der Waals surface area contributed by atoms with Gasteiger partial charge < -0.3 is 10.4 Å². The highest BCUT2D eigenvalue weighted by Gasteiger charge is 2.51. The molecule has 0 aromatic heterocycles. The molecule has 0 radical (unpaired) electrons. The zero-order valence-electron chi connectivity index (χ0n) is 11.5. The summed E-state index contributed by atoms with van der Waals surface area (Å²) in [6, 6.07) is 5.61. The first-order valence-corrected chi connectivity index (χ1v) is 7.75. The summed E-state index contributed by atoms with van der Waals surface area (Å²) >= 11 is 3.38. The molecule has 2 N–H and O–H groups in total. The third kappa shape index (κ3) is 2.50. The van der Waals surface area contributed by atoms with Gasteiger partial charge in [-0.3, -0.25) is 9.59 Å². The smallest absolute Gasteiger partial charge is 0.307 e. The third-order valence-electron chi connectivity index (χ3n) is 4.49. The standard InChI is InChI=1S/C16H16BrNO3/c1-8-6-11(17)4-5-12(8)18-15(19)13-9-2-3-10(7-9)14(13)16(20)21/h2-6,9-10,13-14H,7H2,1H3,(H,18,19)(H,20,21). The summed E-state index contributed by atoms with van der Waals surface area (Å²) in [6.07, 6.45) is 4.70. The van der Waals surface area contributed by atoms with Crippen LogP contribution in [0.5, 0.6) is 0 Å². The van der Waals surface area contributed by atoms with Crippen LogP contribution in [0, 0.1) is 30.6 Å². The molecule has 0 saturated heterocycles. The Bertz CT molecular complexity index is 640. The summed E-state index contributed by atoms with van der Waals surface area (Å²) < 4.78 is 0.948. The fraction of sp³-hybridized carbons (Fsp3) is 0.375. The average molecular weight is 350 g/mol. The van der Waals surface area contributed by atoms with Crippen LogP contribution in [0.1, 0.15) is 12.0 Å². The lowest BCUT2D eigenvalue weighted by atomic mass is 9.82. The molecule has 2 aliphatic carbocycles. The van der Waals surface area contributed by atoms with E-state index in [0.717, 1.165) is 22.1 Å². The second-order valence-electron chi connectivity index (χ2n) is 5.79. The molecule has 4 unspecified atom stereocenters. The van der Waals surface area contributed by atoms with Crippen molar-refractivity contribution >= 4 is 33.5 Å². The van der Waals surface area contributed by atoms with E-state index in [-0.39, 0.29) is 17.7 Å². The Morgan fingerprint density at radius 3 is 2.52 bits per heavy atom. The van der Waals surface area contributed by atoms with E-state index >= 15 is 0 Å². The summed E-state index contributed by atoms with van der Waals surface area (Å²) in [5.74, 6) is -2.10. The molecule has 1 fully saturated rings. The number of carbonyl (C=O) groups is 2. The largest absolute Gasteiger partial charge is 0.481 e. The highest BCUT2D eigenvalue weighted by atomic mass is 79.9. The van der Waals surface area contributed by atoms with Gasteiger partial charge in [0.05, 0.1) is 11.8 Å². The predicted octanol–water partition coefficient (Wildman–Crippen LogP) is 3.22. The van der Waals surface area contributed by atoms with Crippen molar-refractivity contribution in [1.82, 2.24) is 0 Å². The minimum atomic E-state index is -0.875. The van der Waals surface area contributed by atoms with Crippen molar-refractivity contribution in [2.75, 3.05) is 5.32 Å². The van der Waals surface area contributed by atoms with Crippen LogP contribution in [0.15, 0.2) is 34.8 Å². The molecular formula is C16H16BrNO3. The molecular weight excluding hydrogens is 334 g/mol. The first-order valence-electron chi connectivity index (χ1n) is 6.95. The van der Waals surface area contributed by atoms with Crippen LogP contribution in [0.25, 0.3) is 0 Å². The van der Waals surface area contributed by atoms with Gasteiger partial charge in [0.1, 0.15) is 0 Å². The Hall–Kier alpha value is -1.62. The van der Waals surface area contributed by atoms with Crippen molar-refractivity contribution in [1.29, 1.82) is 0 Å². The van der Waals surface area contributed by atoms with E-state index in [1.54, 1.807) is 0 Å². The van der Waals surface area contributed by atoms with Gasteiger partial charge in [-0.2, -0.15) is 0 Å². The molecule has 0 heterocycles. The van der Waals surface area contributed by atoms with E-state index < -0.39 is 17.8 Å². The SMILES string of the molecule is Cc1cc(Br)ccc1NC(=O)C1C2C=CC(C2)C1C(=O)O. The molecule has 2 aliphatic rings. The van der Waals surface area contributed by atoms with Crippen LogP contribution in [-0.4, -0.2) is 17.0 Å². The zero-order chi connectivity index (χ0) is 15.1. The fourth-order valence-electron chi connectivity index (χ4n) is 3.50. The average Bonchev–Trinajstić information content (AvgIpc) is 3.02. The summed E-state index contributed by atoms with van der Waals surface area (Å²) in [5.41, 5.74) is 1.68. The van der Waals surface area contributed by atoms with Crippen LogP contribution in [0.3, 0.4) is 0 Å². The van der Waals surface area contributed by atoms with Gasteiger partial charge in [-0.15, -0.1) is 0 Å². The van der Waals surface area contributed by atoms with Crippen LogP contribution in [0.4, 0.5) is 5.69 Å². The zero-order valence-corrected chi connectivity index (χ0v) is 13.1. The lowest BCUT2D eigenvalue weighted by molar-refractivity contribution is -0.146. The summed E-state index contributed by atoms with van der Waals surface area (Å²) in [5, 5.41) is 12.3.